The number of benzene rings is 1. The molecule has 0 saturated carbocycles. The molecule has 0 spiro atoms. The molecule has 0 fully saturated rings. The summed E-state index contributed by atoms with van der Waals surface area (Å²) in [5, 5.41) is 11.4. The highest BCUT2D eigenvalue weighted by atomic mass is 32.2. The van der Waals surface area contributed by atoms with Crippen LogP contribution in [0.3, 0.4) is 0 Å². The number of aryl methyl sites for hydroxylation is 1. The van der Waals surface area contributed by atoms with Crippen molar-refractivity contribution in [3.05, 3.63) is 60.6 Å². The van der Waals surface area contributed by atoms with Crippen molar-refractivity contribution >= 4 is 23.4 Å². The van der Waals surface area contributed by atoms with E-state index in [1.807, 2.05) is 11.5 Å². The van der Waals surface area contributed by atoms with E-state index < -0.39 is 11.6 Å². The third-order valence-corrected chi connectivity index (χ3v) is 4.63. The predicted octanol–water partition coefficient (Wildman–Crippen LogP) is 4.04. The second kappa shape index (κ2) is 8.17. The third-order valence-electron chi connectivity index (χ3n) is 3.66. The number of hydrogen-bond acceptors (Lipinski definition) is 5. The first-order valence-electron chi connectivity index (χ1n) is 7.96. The summed E-state index contributed by atoms with van der Waals surface area (Å²) in [6, 6.07) is 4.97. The van der Waals surface area contributed by atoms with Crippen LogP contribution in [0.15, 0.2) is 52.8 Å². The highest BCUT2D eigenvalue weighted by Gasteiger charge is 2.17. The number of allylic oxidation sites excluding steroid dienone is 1. The van der Waals surface area contributed by atoms with Gasteiger partial charge in [0.1, 0.15) is 5.76 Å². The Bertz CT molecular complexity index is 984. The number of hydrogen-bond donors (Lipinski definition) is 1. The molecule has 2 heterocycles. The van der Waals surface area contributed by atoms with Gasteiger partial charge in [-0.15, -0.1) is 16.8 Å². The molecular weight excluding hydrogens is 374 g/mol. The summed E-state index contributed by atoms with van der Waals surface area (Å²) in [6.07, 6.45) is 3.27. The fraction of sp³-hybridized carbons (Fsp3) is 0.167. The predicted molar refractivity (Wildman–Crippen MR) is 98.4 cm³/mol. The molecule has 0 atom stereocenters. The molecule has 1 amide bonds. The monoisotopic (exact) mass is 390 g/mol. The molecule has 0 radical (unpaired) electrons. The van der Waals surface area contributed by atoms with Crippen LogP contribution in [0.5, 0.6) is 0 Å². The Hall–Kier alpha value is -2.94. The smallest absolute Gasteiger partial charge is 0.234 e. The summed E-state index contributed by atoms with van der Waals surface area (Å²) < 4.78 is 33.3. The highest BCUT2D eigenvalue weighted by Crippen LogP contribution is 2.27. The Kier molecular flexibility index (Phi) is 5.70. The Morgan fingerprint density at radius 2 is 2.15 bits per heavy atom. The maximum atomic E-state index is 13.2. The molecule has 0 aliphatic heterocycles. The van der Waals surface area contributed by atoms with Gasteiger partial charge in [-0.05, 0) is 25.1 Å². The lowest BCUT2D eigenvalue weighted by Crippen LogP contribution is -2.15. The van der Waals surface area contributed by atoms with Crippen LogP contribution in [-0.4, -0.2) is 26.4 Å². The number of nitrogens with one attached hydrogen (secondary N) is 1. The molecule has 0 aliphatic carbocycles. The second-order valence-electron chi connectivity index (χ2n) is 5.56. The number of aromatic nitrogens is 3. The van der Waals surface area contributed by atoms with E-state index in [9.17, 15) is 13.6 Å². The number of amides is 1. The zero-order chi connectivity index (χ0) is 19.4. The van der Waals surface area contributed by atoms with Gasteiger partial charge in [0.2, 0.25) is 5.91 Å². The van der Waals surface area contributed by atoms with Crippen molar-refractivity contribution in [2.45, 2.75) is 18.6 Å². The van der Waals surface area contributed by atoms with Crippen LogP contribution in [0.25, 0.3) is 11.4 Å². The van der Waals surface area contributed by atoms with Crippen LogP contribution in [0.4, 0.5) is 14.5 Å². The number of nitrogens with zero attached hydrogens (tertiary/aromatic N) is 3. The zero-order valence-corrected chi connectivity index (χ0v) is 15.2. The lowest BCUT2D eigenvalue weighted by molar-refractivity contribution is -0.113. The fourth-order valence-electron chi connectivity index (χ4n) is 2.41. The van der Waals surface area contributed by atoms with E-state index >= 15 is 0 Å². The van der Waals surface area contributed by atoms with Gasteiger partial charge in [0.15, 0.2) is 22.6 Å². The SMILES string of the molecule is C=CCn1c(SCC(=O)Nc2ccc(F)c(F)c2)nnc1-c1ccoc1C. The van der Waals surface area contributed by atoms with Gasteiger partial charge in [-0.3, -0.25) is 9.36 Å². The molecule has 2 aromatic heterocycles. The van der Waals surface area contributed by atoms with E-state index in [1.54, 1.807) is 18.4 Å². The highest BCUT2D eigenvalue weighted by molar-refractivity contribution is 7.99. The molecule has 1 aromatic carbocycles. The van der Waals surface area contributed by atoms with E-state index in [4.69, 9.17) is 4.42 Å². The fourth-order valence-corrected chi connectivity index (χ4v) is 3.15. The van der Waals surface area contributed by atoms with Gasteiger partial charge in [0.05, 0.1) is 17.6 Å². The standard InChI is InChI=1S/C18H16F2N4O2S/c1-3-7-24-17(13-6-8-26-11(13)2)22-23-18(24)27-10-16(25)21-12-4-5-14(19)15(20)9-12/h3-6,8-9H,1,7,10H2,2H3,(H,21,25). The summed E-state index contributed by atoms with van der Waals surface area (Å²) >= 11 is 1.18. The Balaban J connectivity index is 1.71. The Labute approximate surface area is 158 Å². The first-order valence-corrected chi connectivity index (χ1v) is 8.94. The van der Waals surface area contributed by atoms with Crippen molar-refractivity contribution in [1.82, 2.24) is 14.8 Å². The van der Waals surface area contributed by atoms with Gasteiger partial charge in [-0.25, -0.2) is 8.78 Å². The summed E-state index contributed by atoms with van der Waals surface area (Å²) in [4.78, 5) is 12.1. The number of carbonyl (C=O) groups is 1. The number of carbonyl (C=O) groups excluding carboxylic acids is 1. The van der Waals surface area contributed by atoms with Crippen molar-refractivity contribution in [3.63, 3.8) is 0 Å². The third kappa shape index (κ3) is 4.25. The first kappa shape index (κ1) is 18.8. The van der Waals surface area contributed by atoms with E-state index in [0.717, 1.165) is 17.7 Å². The van der Waals surface area contributed by atoms with Crippen LogP contribution in [0, 0.1) is 18.6 Å². The quantitative estimate of drug-likeness (QED) is 0.487. The lowest BCUT2D eigenvalue weighted by atomic mass is 10.2. The summed E-state index contributed by atoms with van der Waals surface area (Å²) in [5.41, 5.74) is 0.990. The zero-order valence-electron chi connectivity index (χ0n) is 14.4. The van der Waals surface area contributed by atoms with E-state index in [-0.39, 0.29) is 17.3 Å². The molecule has 3 aromatic rings. The number of rotatable bonds is 7. The first-order chi connectivity index (χ1) is 13.0. The minimum absolute atomic E-state index is 0.0264. The number of halogens is 2. The van der Waals surface area contributed by atoms with Gasteiger partial charge < -0.3 is 9.73 Å². The summed E-state index contributed by atoms with van der Waals surface area (Å²) in [6.45, 7) is 6.02. The molecule has 140 valence electrons. The van der Waals surface area contributed by atoms with Crippen molar-refractivity contribution in [1.29, 1.82) is 0 Å². The van der Waals surface area contributed by atoms with Crippen LogP contribution in [0.1, 0.15) is 5.76 Å². The van der Waals surface area contributed by atoms with E-state index in [0.29, 0.717) is 23.3 Å². The molecule has 6 nitrogen and oxygen atoms in total. The largest absolute Gasteiger partial charge is 0.469 e. The van der Waals surface area contributed by atoms with Gasteiger partial charge in [-0.2, -0.15) is 0 Å². The van der Waals surface area contributed by atoms with Crippen LogP contribution in [-0.2, 0) is 11.3 Å². The lowest BCUT2D eigenvalue weighted by Gasteiger charge is -2.08. The molecule has 0 saturated heterocycles. The van der Waals surface area contributed by atoms with Crippen LogP contribution < -0.4 is 5.32 Å². The summed E-state index contributed by atoms with van der Waals surface area (Å²) in [5.74, 6) is -1.02. The van der Waals surface area contributed by atoms with Gasteiger partial charge in [0, 0.05) is 18.3 Å². The Morgan fingerprint density at radius 1 is 1.33 bits per heavy atom. The molecule has 27 heavy (non-hydrogen) atoms. The average Bonchev–Trinajstić information content (AvgIpc) is 3.22. The van der Waals surface area contributed by atoms with Crippen LogP contribution >= 0.6 is 11.8 Å². The average molecular weight is 390 g/mol. The van der Waals surface area contributed by atoms with E-state index in [1.165, 1.54) is 17.8 Å². The molecule has 0 aliphatic rings. The second-order valence-corrected chi connectivity index (χ2v) is 6.50. The minimum atomic E-state index is -1.02. The van der Waals surface area contributed by atoms with Gasteiger partial charge in [-0.1, -0.05) is 17.8 Å². The molecule has 0 bridgehead atoms. The van der Waals surface area contributed by atoms with Gasteiger partial charge >= 0.3 is 0 Å². The topological polar surface area (TPSA) is 73.0 Å². The van der Waals surface area contributed by atoms with Gasteiger partial charge in [0.25, 0.3) is 0 Å². The maximum Gasteiger partial charge on any atom is 0.234 e. The van der Waals surface area contributed by atoms with Crippen molar-refractivity contribution < 1.29 is 18.0 Å². The maximum absolute atomic E-state index is 13.2. The van der Waals surface area contributed by atoms with Crippen molar-refractivity contribution in [2.24, 2.45) is 0 Å². The van der Waals surface area contributed by atoms with E-state index in [2.05, 4.69) is 22.1 Å². The van der Waals surface area contributed by atoms with Crippen LogP contribution in [0.2, 0.25) is 0 Å². The molecule has 1 N–H and O–H groups in total. The molecular formula is C18H16F2N4O2S. The molecule has 3 rings (SSSR count). The number of furan rings is 1. The minimum Gasteiger partial charge on any atom is -0.469 e. The van der Waals surface area contributed by atoms with Crippen molar-refractivity contribution in [3.8, 4) is 11.4 Å². The summed E-state index contributed by atoms with van der Waals surface area (Å²) in [7, 11) is 0. The van der Waals surface area contributed by atoms with Crippen molar-refractivity contribution in [2.75, 3.05) is 11.1 Å². The number of thioether (sulfide) groups is 1. The molecule has 0 unspecified atom stereocenters. The number of anilines is 1. The Morgan fingerprint density at radius 3 is 2.81 bits per heavy atom. The normalized spacial score (nSPS) is 10.8. The molecule has 9 heteroatoms.